The van der Waals surface area contributed by atoms with Gasteiger partial charge in [-0.3, -0.25) is 0 Å². The lowest BCUT2D eigenvalue weighted by atomic mass is 10.1. The van der Waals surface area contributed by atoms with Crippen LogP contribution in [0.2, 0.25) is 0 Å². The van der Waals surface area contributed by atoms with Gasteiger partial charge < -0.3 is 0 Å². The Kier molecular flexibility index (Phi) is 4.55. The SMILES string of the molecule is CC[C@H]1CC[C@@H](c2ccccc2)N1S(=O)(=O)c1ccc(C)cc1. The molecular weight excluding hydrogens is 306 g/mol. The molecule has 0 aliphatic carbocycles. The molecule has 1 saturated heterocycles. The predicted molar refractivity (Wildman–Crippen MR) is 92.7 cm³/mol. The van der Waals surface area contributed by atoms with Crippen molar-refractivity contribution in [3.63, 3.8) is 0 Å². The van der Waals surface area contributed by atoms with E-state index in [1.807, 2.05) is 49.4 Å². The van der Waals surface area contributed by atoms with Gasteiger partial charge in [0, 0.05) is 6.04 Å². The van der Waals surface area contributed by atoms with Gasteiger partial charge in [0.2, 0.25) is 10.0 Å². The van der Waals surface area contributed by atoms with Crippen LogP contribution in [0.25, 0.3) is 0 Å². The lowest BCUT2D eigenvalue weighted by molar-refractivity contribution is 0.319. The summed E-state index contributed by atoms with van der Waals surface area (Å²) in [6, 6.07) is 17.2. The zero-order valence-electron chi connectivity index (χ0n) is 13.6. The molecule has 0 unspecified atom stereocenters. The van der Waals surface area contributed by atoms with Crippen molar-refractivity contribution < 1.29 is 8.42 Å². The van der Waals surface area contributed by atoms with Gasteiger partial charge in [-0.05, 0) is 43.9 Å². The van der Waals surface area contributed by atoms with Crippen LogP contribution in [-0.2, 0) is 10.0 Å². The van der Waals surface area contributed by atoms with Crippen molar-refractivity contribution in [1.29, 1.82) is 0 Å². The van der Waals surface area contributed by atoms with Gasteiger partial charge in [0.25, 0.3) is 0 Å². The molecule has 122 valence electrons. The first kappa shape index (κ1) is 16.2. The smallest absolute Gasteiger partial charge is 0.207 e. The summed E-state index contributed by atoms with van der Waals surface area (Å²) >= 11 is 0. The van der Waals surface area contributed by atoms with Crippen LogP contribution >= 0.6 is 0 Å². The molecule has 2 aromatic rings. The molecule has 0 N–H and O–H groups in total. The first-order chi connectivity index (χ1) is 11.0. The average Bonchev–Trinajstić information content (AvgIpc) is 3.01. The maximum Gasteiger partial charge on any atom is 0.243 e. The largest absolute Gasteiger partial charge is 0.243 e. The van der Waals surface area contributed by atoms with Crippen LogP contribution in [0.3, 0.4) is 0 Å². The van der Waals surface area contributed by atoms with Crippen molar-refractivity contribution >= 4 is 10.0 Å². The Morgan fingerprint density at radius 2 is 1.65 bits per heavy atom. The standard InChI is InChI=1S/C19H23NO2S/c1-3-17-11-14-19(16-7-5-4-6-8-16)20(17)23(21,22)18-12-9-15(2)10-13-18/h4-10,12-13,17,19H,3,11,14H2,1-2H3/t17-,19-/m0/s1. The van der Waals surface area contributed by atoms with E-state index in [0.717, 1.165) is 30.4 Å². The molecule has 1 heterocycles. The minimum atomic E-state index is -3.48. The maximum absolute atomic E-state index is 13.2. The van der Waals surface area contributed by atoms with E-state index in [1.165, 1.54) is 0 Å². The fourth-order valence-corrected chi connectivity index (χ4v) is 5.36. The van der Waals surface area contributed by atoms with Crippen LogP contribution in [0.5, 0.6) is 0 Å². The fourth-order valence-electron chi connectivity index (χ4n) is 3.43. The van der Waals surface area contributed by atoms with E-state index in [0.29, 0.717) is 4.90 Å². The molecule has 0 aromatic heterocycles. The molecule has 1 fully saturated rings. The van der Waals surface area contributed by atoms with Crippen LogP contribution in [0.4, 0.5) is 0 Å². The van der Waals surface area contributed by atoms with Crippen molar-refractivity contribution in [2.75, 3.05) is 0 Å². The van der Waals surface area contributed by atoms with Gasteiger partial charge in [-0.1, -0.05) is 55.0 Å². The van der Waals surface area contributed by atoms with Crippen molar-refractivity contribution in [3.05, 3.63) is 65.7 Å². The first-order valence-electron chi connectivity index (χ1n) is 8.19. The highest BCUT2D eigenvalue weighted by Crippen LogP contribution is 2.41. The number of hydrogen-bond acceptors (Lipinski definition) is 2. The van der Waals surface area contributed by atoms with Gasteiger partial charge in [-0.25, -0.2) is 8.42 Å². The molecule has 3 nitrogen and oxygen atoms in total. The van der Waals surface area contributed by atoms with Crippen LogP contribution in [0.1, 0.15) is 43.4 Å². The normalized spacial score (nSPS) is 22.3. The van der Waals surface area contributed by atoms with E-state index in [1.54, 1.807) is 16.4 Å². The molecule has 0 radical (unpaired) electrons. The molecule has 3 rings (SSSR count). The van der Waals surface area contributed by atoms with E-state index >= 15 is 0 Å². The molecule has 0 saturated carbocycles. The molecule has 1 aliphatic heterocycles. The summed E-state index contributed by atoms with van der Waals surface area (Å²) in [6.07, 6.45) is 2.64. The molecule has 2 aromatic carbocycles. The second kappa shape index (κ2) is 6.46. The zero-order valence-corrected chi connectivity index (χ0v) is 14.5. The summed E-state index contributed by atoms with van der Waals surface area (Å²) in [6.45, 7) is 4.03. The van der Waals surface area contributed by atoms with Crippen LogP contribution in [0, 0.1) is 6.92 Å². The minimum Gasteiger partial charge on any atom is -0.207 e. The summed E-state index contributed by atoms with van der Waals surface area (Å²) in [5.41, 5.74) is 2.15. The number of sulfonamides is 1. The maximum atomic E-state index is 13.2. The van der Waals surface area contributed by atoms with Crippen LogP contribution in [0.15, 0.2) is 59.5 Å². The van der Waals surface area contributed by atoms with E-state index in [2.05, 4.69) is 6.92 Å². The lowest BCUT2D eigenvalue weighted by Crippen LogP contribution is -2.37. The summed E-state index contributed by atoms with van der Waals surface area (Å²) in [5, 5.41) is 0. The van der Waals surface area contributed by atoms with Gasteiger partial charge in [0.05, 0.1) is 10.9 Å². The molecule has 2 atom stereocenters. The molecule has 0 bridgehead atoms. The third-order valence-corrected chi connectivity index (χ3v) is 6.67. The lowest BCUT2D eigenvalue weighted by Gasteiger charge is -2.29. The zero-order chi connectivity index (χ0) is 16.4. The highest BCUT2D eigenvalue weighted by molar-refractivity contribution is 7.89. The van der Waals surface area contributed by atoms with Gasteiger partial charge in [0.15, 0.2) is 0 Å². The Morgan fingerprint density at radius 1 is 1.00 bits per heavy atom. The summed E-state index contributed by atoms with van der Waals surface area (Å²) in [5.74, 6) is 0. The Labute approximate surface area is 139 Å². The minimum absolute atomic E-state index is 0.0625. The number of nitrogens with zero attached hydrogens (tertiary/aromatic N) is 1. The fraction of sp³-hybridized carbons (Fsp3) is 0.368. The monoisotopic (exact) mass is 329 g/mol. The highest BCUT2D eigenvalue weighted by Gasteiger charge is 2.41. The molecular formula is C19H23NO2S. The summed E-state index contributed by atoms with van der Waals surface area (Å²) in [7, 11) is -3.48. The van der Waals surface area contributed by atoms with Crippen molar-refractivity contribution in [1.82, 2.24) is 4.31 Å². The number of rotatable bonds is 4. The first-order valence-corrected chi connectivity index (χ1v) is 9.63. The van der Waals surface area contributed by atoms with Crippen molar-refractivity contribution in [2.24, 2.45) is 0 Å². The molecule has 1 aliphatic rings. The Morgan fingerprint density at radius 3 is 2.26 bits per heavy atom. The topological polar surface area (TPSA) is 37.4 Å². The van der Waals surface area contributed by atoms with Crippen molar-refractivity contribution in [2.45, 2.75) is 50.1 Å². The van der Waals surface area contributed by atoms with Crippen LogP contribution < -0.4 is 0 Å². The number of aryl methyl sites for hydroxylation is 1. The molecule has 0 spiro atoms. The van der Waals surface area contributed by atoms with Gasteiger partial charge in [-0.15, -0.1) is 0 Å². The summed E-state index contributed by atoms with van der Waals surface area (Å²) in [4.78, 5) is 0.393. The van der Waals surface area contributed by atoms with Gasteiger partial charge in [0.1, 0.15) is 0 Å². The quantitative estimate of drug-likeness (QED) is 0.838. The van der Waals surface area contributed by atoms with Gasteiger partial charge >= 0.3 is 0 Å². The Balaban J connectivity index is 2.03. The third-order valence-electron chi connectivity index (χ3n) is 4.69. The van der Waals surface area contributed by atoms with E-state index in [-0.39, 0.29) is 12.1 Å². The molecule has 4 heteroatoms. The second-order valence-corrected chi connectivity index (χ2v) is 8.06. The Hall–Kier alpha value is -1.65. The van der Waals surface area contributed by atoms with E-state index in [9.17, 15) is 8.42 Å². The number of hydrogen-bond donors (Lipinski definition) is 0. The van der Waals surface area contributed by atoms with E-state index < -0.39 is 10.0 Å². The molecule has 0 amide bonds. The highest BCUT2D eigenvalue weighted by atomic mass is 32.2. The van der Waals surface area contributed by atoms with Crippen LogP contribution in [-0.4, -0.2) is 18.8 Å². The Bertz CT molecular complexity index is 754. The van der Waals surface area contributed by atoms with Crippen molar-refractivity contribution in [3.8, 4) is 0 Å². The van der Waals surface area contributed by atoms with Gasteiger partial charge in [-0.2, -0.15) is 4.31 Å². The number of benzene rings is 2. The third kappa shape index (κ3) is 3.06. The molecule has 23 heavy (non-hydrogen) atoms. The summed E-state index contributed by atoms with van der Waals surface area (Å²) < 4.78 is 28.2. The predicted octanol–water partition coefficient (Wildman–Crippen LogP) is 4.30. The van der Waals surface area contributed by atoms with E-state index in [4.69, 9.17) is 0 Å². The average molecular weight is 329 g/mol. The second-order valence-electron chi connectivity index (χ2n) is 6.21.